The highest BCUT2D eigenvalue weighted by molar-refractivity contribution is 5.76. The van der Waals surface area contributed by atoms with Crippen molar-refractivity contribution in [3.8, 4) is 5.75 Å². The minimum Gasteiger partial charge on any atom is -0.441 e. The topological polar surface area (TPSA) is 62.2 Å². The largest absolute Gasteiger partial charge is 0.441 e. The molecule has 0 saturated heterocycles. The first-order chi connectivity index (χ1) is 13.5. The number of benzene rings is 2. The number of aryl methyl sites for hydroxylation is 2. The van der Waals surface area contributed by atoms with Crippen LogP contribution in [0.25, 0.3) is 0 Å². The molecule has 1 aliphatic heterocycles. The van der Waals surface area contributed by atoms with E-state index >= 15 is 0 Å². The van der Waals surface area contributed by atoms with Crippen molar-refractivity contribution in [3.05, 3.63) is 76.7 Å². The van der Waals surface area contributed by atoms with Gasteiger partial charge in [0, 0.05) is 5.57 Å². The van der Waals surface area contributed by atoms with Crippen LogP contribution in [0.2, 0.25) is 0 Å². The van der Waals surface area contributed by atoms with Crippen molar-refractivity contribution in [2.24, 2.45) is 0 Å². The van der Waals surface area contributed by atoms with Crippen LogP contribution in [-0.2, 0) is 11.3 Å². The lowest BCUT2D eigenvalue weighted by molar-refractivity contribution is -0.0749. The molecule has 1 heterocycles. The molecule has 28 heavy (non-hydrogen) atoms. The summed E-state index contributed by atoms with van der Waals surface area (Å²) >= 11 is 0. The van der Waals surface area contributed by atoms with Crippen molar-refractivity contribution >= 4 is 6.03 Å². The first-order valence-corrected chi connectivity index (χ1v) is 9.35. The minimum absolute atomic E-state index is 0.0194. The highest BCUT2D eigenvalue weighted by Crippen LogP contribution is 2.27. The Morgan fingerprint density at radius 1 is 1.07 bits per heavy atom. The average Bonchev–Trinajstić information content (AvgIpc) is 2.67. The standard InChI is InChI=1S/C22H26N2O4/c1-4-19-13-24(26)22(25)23(15-27-14-18-8-6-5-7-9-18)21(19)28-20-11-16(2)10-17(3)12-20/h5-12,26H,4,13-15H2,1-3H3. The Morgan fingerprint density at radius 3 is 2.39 bits per heavy atom. The average molecular weight is 382 g/mol. The molecule has 0 radical (unpaired) electrons. The molecular weight excluding hydrogens is 356 g/mol. The number of hydrogen-bond donors (Lipinski definition) is 1. The van der Waals surface area contributed by atoms with E-state index in [1.165, 1.54) is 4.90 Å². The van der Waals surface area contributed by atoms with E-state index in [2.05, 4.69) is 6.07 Å². The Labute approximate surface area is 165 Å². The van der Waals surface area contributed by atoms with Gasteiger partial charge in [-0.05, 0) is 49.1 Å². The zero-order valence-electron chi connectivity index (χ0n) is 16.5. The summed E-state index contributed by atoms with van der Waals surface area (Å²) in [5.41, 5.74) is 3.98. The van der Waals surface area contributed by atoms with Gasteiger partial charge in [-0.1, -0.05) is 43.3 Å². The molecule has 148 valence electrons. The van der Waals surface area contributed by atoms with Crippen molar-refractivity contribution < 1.29 is 19.5 Å². The van der Waals surface area contributed by atoms with Crippen molar-refractivity contribution in [3.63, 3.8) is 0 Å². The van der Waals surface area contributed by atoms with Gasteiger partial charge in [-0.25, -0.2) is 14.8 Å². The van der Waals surface area contributed by atoms with Gasteiger partial charge in [-0.2, -0.15) is 0 Å². The maximum Gasteiger partial charge on any atom is 0.352 e. The van der Waals surface area contributed by atoms with E-state index in [0.717, 1.165) is 22.3 Å². The fourth-order valence-corrected chi connectivity index (χ4v) is 3.17. The van der Waals surface area contributed by atoms with Crippen LogP contribution < -0.4 is 4.74 Å². The normalized spacial score (nSPS) is 14.6. The molecule has 0 aromatic heterocycles. The Bertz CT molecular complexity index is 844. The van der Waals surface area contributed by atoms with Gasteiger partial charge in [0.05, 0.1) is 13.2 Å². The van der Waals surface area contributed by atoms with Crippen LogP contribution in [0, 0.1) is 13.8 Å². The van der Waals surface area contributed by atoms with E-state index in [0.29, 0.717) is 29.7 Å². The van der Waals surface area contributed by atoms with E-state index in [-0.39, 0.29) is 13.3 Å². The zero-order chi connectivity index (χ0) is 20.1. The molecule has 2 aromatic carbocycles. The molecule has 0 spiro atoms. The van der Waals surface area contributed by atoms with Crippen LogP contribution in [0.5, 0.6) is 5.75 Å². The number of amides is 2. The number of ether oxygens (including phenoxy) is 2. The molecule has 3 rings (SSSR count). The van der Waals surface area contributed by atoms with Crippen LogP contribution in [0.1, 0.15) is 30.0 Å². The second-order valence-corrected chi connectivity index (χ2v) is 6.92. The Balaban J connectivity index is 1.81. The summed E-state index contributed by atoms with van der Waals surface area (Å²) in [7, 11) is 0. The maximum atomic E-state index is 12.6. The zero-order valence-corrected chi connectivity index (χ0v) is 16.5. The number of hydroxylamine groups is 2. The predicted molar refractivity (Wildman–Crippen MR) is 106 cm³/mol. The molecular formula is C22H26N2O4. The maximum absolute atomic E-state index is 12.6. The highest BCUT2D eigenvalue weighted by atomic mass is 16.5. The van der Waals surface area contributed by atoms with E-state index in [1.54, 1.807) is 0 Å². The first-order valence-electron chi connectivity index (χ1n) is 9.35. The smallest absolute Gasteiger partial charge is 0.352 e. The van der Waals surface area contributed by atoms with Gasteiger partial charge in [-0.3, -0.25) is 5.21 Å². The summed E-state index contributed by atoms with van der Waals surface area (Å²) in [5.74, 6) is 1.08. The second kappa shape index (κ2) is 8.91. The van der Waals surface area contributed by atoms with E-state index in [9.17, 15) is 10.0 Å². The fourth-order valence-electron chi connectivity index (χ4n) is 3.17. The summed E-state index contributed by atoms with van der Waals surface area (Å²) in [5, 5.41) is 10.7. The van der Waals surface area contributed by atoms with Crippen LogP contribution in [0.15, 0.2) is 60.0 Å². The van der Waals surface area contributed by atoms with Crippen LogP contribution in [0.3, 0.4) is 0 Å². The summed E-state index contributed by atoms with van der Waals surface area (Å²) < 4.78 is 11.9. The van der Waals surface area contributed by atoms with Crippen LogP contribution in [-0.4, -0.2) is 34.5 Å². The summed E-state index contributed by atoms with van der Waals surface area (Å²) in [4.78, 5) is 13.9. The van der Waals surface area contributed by atoms with Gasteiger partial charge in [0.2, 0.25) is 5.88 Å². The van der Waals surface area contributed by atoms with E-state index in [4.69, 9.17) is 9.47 Å². The number of urea groups is 1. The lowest BCUT2D eigenvalue weighted by Crippen LogP contribution is -2.48. The Kier molecular flexibility index (Phi) is 6.34. The molecule has 6 heteroatoms. The van der Waals surface area contributed by atoms with Gasteiger partial charge in [-0.15, -0.1) is 0 Å². The molecule has 2 aromatic rings. The Morgan fingerprint density at radius 2 is 1.75 bits per heavy atom. The van der Waals surface area contributed by atoms with E-state index in [1.807, 2.05) is 63.2 Å². The SMILES string of the molecule is CCC1=C(Oc2cc(C)cc(C)c2)N(COCc2ccccc2)C(=O)N(O)C1. The molecule has 0 aliphatic carbocycles. The number of nitrogens with zero attached hydrogens (tertiary/aromatic N) is 2. The number of carbonyl (C=O) groups excluding carboxylic acids is 1. The predicted octanol–water partition coefficient (Wildman–Crippen LogP) is 4.60. The third-order valence-electron chi connectivity index (χ3n) is 4.51. The number of rotatable bonds is 7. The second-order valence-electron chi connectivity index (χ2n) is 6.92. The lowest BCUT2D eigenvalue weighted by Gasteiger charge is -2.34. The van der Waals surface area contributed by atoms with Crippen LogP contribution >= 0.6 is 0 Å². The molecule has 0 fully saturated rings. The van der Waals surface area contributed by atoms with E-state index < -0.39 is 6.03 Å². The van der Waals surface area contributed by atoms with Gasteiger partial charge >= 0.3 is 6.03 Å². The number of carbonyl (C=O) groups is 1. The first kappa shape index (κ1) is 19.9. The molecule has 0 bridgehead atoms. The summed E-state index contributed by atoms with van der Waals surface area (Å²) in [6.07, 6.45) is 0.639. The molecule has 2 amide bonds. The van der Waals surface area contributed by atoms with Gasteiger partial charge < -0.3 is 9.47 Å². The van der Waals surface area contributed by atoms with Crippen molar-refractivity contribution in [1.29, 1.82) is 0 Å². The third-order valence-corrected chi connectivity index (χ3v) is 4.51. The highest BCUT2D eigenvalue weighted by Gasteiger charge is 2.33. The van der Waals surface area contributed by atoms with Crippen molar-refractivity contribution in [1.82, 2.24) is 9.96 Å². The monoisotopic (exact) mass is 382 g/mol. The Hall–Kier alpha value is -2.83. The summed E-state index contributed by atoms with van der Waals surface area (Å²) in [6, 6.07) is 15.1. The van der Waals surface area contributed by atoms with Crippen LogP contribution in [0.4, 0.5) is 4.79 Å². The molecule has 6 nitrogen and oxygen atoms in total. The lowest BCUT2D eigenvalue weighted by atomic mass is 10.1. The van der Waals surface area contributed by atoms with Gasteiger partial charge in [0.25, 0.3) is 0 Å². The minimum atomic E-state index is -0.565. The van der Waals surface area contributed by atoms with Gasteiger partial charge in [0.15, 0.2) is 0 Å². The quantitative estimate of drug-likeness (QED) is 0.711. The summed E-state index contributed by atoms with van der Waals surface area (Å²) in [6.45, 7) is 6.41. The van der Waals surface area contributed by atoms with Crippen molar-refractivity contribution in [2.45, 2.75) is 33.8 Å². The van der Waals surface area contributed by atoms with Gasteiger partial charge in [0.1, 0.15) is 12.5 Å². The molecule has 0 unspecified atom stereocenters. The molecule has 0 saturated carbocycles. The molecule has 0 atom stereocenters. The fraction of sp³-hybridized carbons (Fsp3) is 0.318. The molecule has 1 N–H and O–H groups in total. The number of hydrogen-bond acceptors (Lipinski definition) is 4. The van der Waals surface area contributed by atoms with Crippen molar-refractivity contribution in [2.75, 3.05) is 13.3 Å². The molecule has 1 aliphatic rings. The third kappa shape index (κ3) is 4.71.